The summed E-state index contributed by atoms with van der Waals surface area (Å²) in [5, 5.41) is 2.91. The lowest BCUT2D eigenvalue weighted by Crippen LogP contribution is -2.13. The topological polar surface area (TPSA) is 46.2 Å². The third-order valence-corrected chi connectivity index (χ3v) is 5.95. The first-order chi connectivity index (χ1) is 12.1. The number of carbonyl (C=O) groups excluding carboxylic acids is 2. The van der Waals surface area contributed by atoms with E-state index in [0.717, 1.165) is 20.5 Å². The zero-order valence-corrected chi connectivity index (χ0v) is 15.6. The van der Waals surface area contributed by atoms with Gasteiger partial charge in [-0.1, -0.05) is 36.4 Å². The minimum Gasteiger partial charge on any atom is -0.321 e. The first kappa shape index (κ1) is 16.2. The van der Waals surface area contributed by atoms with Crippen molar-refractivity contribution in [1.29, 1.82) is 0 Å². The van der Waals surface area contributed by atoms with E-state index in [9.17, 15) is 9.59 Å². The van der Waals surface area contributed by atoms with Gasteiger partial charge in [-0.2, -0.15) is 0 Å². The van der Waals surface area contributed by atoms with Gasteiger partial charge in [0, 0.05) is 12.0 Å². The summed E-state index contributed by atoms with van der Waals surface area (Å²) >= 11 is 4.73. The van der Waals surface area contributed by atoms with Crippen molar-refractivity contribution >= 4 is 44.6 Å². The van der Waals surface area contributed by atoms with Crippen LogP contribution in [-0.4, -0.2) is 11.7 Å². The lowest BCUT2D eigenvalue weighted by Gasteiger charge is -2.13. The maximum atomic E-state index is 12.5. The van der Waals surface area contributed by atoms with Crippen molar-refractivity contribution in [1.82, 2.24) is 0 Å². The number of halogens is 1. The number of hydrogen-bond donors (Lipinski definition) is 1. The van der Waals surface area contributed by atoms with Gasteiger partial charge in [-0.3, -0.25) is 9.59 Å². The SMILES string of the molecule is O=C(Nc1ccc(-c2ccccc2)c2c1C(=O)CC2)c1ccc(Br)s1. The molecule has 1 aliphatic carbocycles. The smallest absolute Gasteiger partial charge is 0.265 e. The largest absolute Gasteiger partial charge is 0.321 e. The predicted octanol–water partition coefficient (Wildman–Crippen LogP) is 5.56. The van der Waals surface area contributed by atoms with Crippen molar-refractivity contribution in [2.45, 2.75) is 12.8 Å². The molecule has 0 unspecified atom stereocenters. The number of ketones is 1. The summed E-state index contributed by atoms with van der Waals surface area (Å²) in [4.78, 5) is 25.5. The van der Waals surface area contributed by atoms with E-state index in [4.69, 9.17) is 0 Å². The highest BCUT2D eigenvalue weighted by molar-refractivity contribution is 9.11. The fraction of sp³-hybridized carbons (Fsp3) is 0.100. The number of benzene rings is 2. The Morgan fingerprint density at radius 2 is 1.80 bits per heavy atom. The summed E-state index contributed by atoms with van der Waals surface area (Å²) in [5.41, 5.74) is 4.45. The molecule has 0 atom stereocenters. The molecule has 0 saturated heterocycles. The van der Waals surface area contributed by atoms with Crippen molar-refractivity contribution < 1.29 is 9.59 Å². The molecule has 1 aliphatic rings. The van der Waals surface area contributed by atoms with Gasteiger partial charge >= 0.3 is 0 Å². The molecule has 0 radical (unpaired) electrons. The molecule has 25 heavy (non-hydrogen) atoms. The molecule has 1 aromatic heterocycles. The van der Waals surface area contributed by atoms with E-state index in [1.54, 1.807) is 6.07 Å². The zero-order valence-electron chi connectivity index (χ0n) is 13.2. The van der Waals surface area contributed by atoms with Gasteiger partial charge in [0.15, 0.2) is 5.78 Å². The van der Waals surface area contributed by atoms with Gasteiger partial charge in [0.05, 0.1) is 14.4 Å². The van der Waals surface area contributed by atoms with E-state index >= 15 is 0 Å². The van der Waals surface area contributed by atoms with Crippen LogP contribution >= 0.6 is 27.3 Å². The van der Waals surface area contributed by atoms with E-state index in [1.807, 2.05) is 48.5 Å². The monoisotopic (exact) mass is 411 g/mol. The second-order valence-corrected chi connectivity index (χ2v) is 8.32. The molecular formula is C20H14BrNO2S. The van der Waals surface area contributed by atoms with Crippen molar-refractivity contribution in [3.63, 3.8) is 0 Å². The maximum Gasteiger partial charge on any atom is 0.265 e. The van der Waals surface area contributed by atoms with Gasteiger partial charge in [0.2, 0.25) is 0 Å². The number of fused-ring (bicyclic) bond motifs is 1. The number of Topliss-reactive ketones (excluding diaryl/α,β-unsaturated/α-hetero) is 1. The number of nitrogens with one attached hydrogen (secondary N) is 1. The molecule has 5 heteroatoms. The average Bonchev–Trinajstić information content (AvgIpc) is 3.23. The van der Waals surface area contributed by atoms with Gasteiger partial charge in [-0.05, 0) is 57.2 Å². The standard InChI is InChI=1S/C20H14BrNO2S/c21-18-11-10-17(25-18)20(24)22-15-8-6-13(12-4-2-1-3-5-12)14-7-9-16(23)19(14)15/h1-6,8,10-11H,7,9H2,(H,22,24). The highest BCUT2D eigenvalue weighted by Crippen LogP contribution is 2.37. The van der Waals surface area contributed by atoms with E-state index < -0.39 is 0 Å². The average molecular weight is 412 g/mol. The Morgan fingerprint density at radius 1 is 1.00 bits per heavy atom. The molecule has 1 amide bonds. The van der Waals surface area contributed by atoms with Crippen molar-refractivity contribution in [3.8, 4) is 11.1 Å². The molecule has 3 aromatic rings. The number of carbonyl (C=O) groups is 2. The summed E-state index contributed by atoms with van der Waals surface area (Å²) in [6, 6.07) is 17.5. The van der Waals surface area contributed by atoms with Gasteiger partial charge in [0.25, 0.3) is 5.91 Å². The third-order valence-electron chi connectivity index (χ3n) is 4.32. The summed E-state index contributed by atoms with van der Waals surface area (Å²) in [7, 11) is 0. The van der Waals surface area contributed by atoms with E-state index in [-0.39, 0.29) is 11.7 Å². The lowest BCUT2D eigenvalue weighted by atomic mass is 9.95. The van der Waals surface area contributed by atoms with E-state index in [1.165, 1.54) is 11.3 Å². The van der Waals surface area contributed by atoms with Crippen LogP contribution in [0.2, 0.25) is 0 Å². The van der Waals surface area contributed by atoms with Crippen LogP contribution in [0.3, 0.4) is 0 Å². The Labute approximate surface area is 157 Å². The first-order valence-corrected chi connectivity index (χ1v) is 9.55. The number of rotatable bonds is 3. The summed E-state index contributed by atoms with van der Waals surface area (Å²) < 4.78 is 0.901. The van der Waals surface area contributed by atoms with Crippen molar-refractivity contribution in [2.24, 2.45) is 0 Å². The fourth-order valence-corrected chi connectivity index (χ4v) is 4.48. The molecule has 0 saturated carbocycles. The summed E-state index contributed by atoms with van der Waals surface area (Å²) in [6.07, 6.45) is 1.21. The second kappa shape index (κ2) is 6.58. The Morgan fingerprint density at radius 3 is 2.52 bits per heavy atom. The molecular weight excluding hydrogens is 398 g/mol. The van der Waals surface area contributed by atoms with E-state index in [0.29, 0.717) is 29.0 Å². The fourth-order valence-electron chi connectivity index (χ4n) is 3.20. The normalized spacial score (nSPS) is 12.9. The number of thiophene rings is 1. The van der Waals surface area contributed by atoms with Crippen LogP contribution in [0, 0.1) is 0 Å². The summed E-state index contributed by atoms with van der Waals surface area (Å²) in [6.45, 7) is 0. The quantitative estimate of drug-likeness (QED) is 0.612. The lowest BCUT2D eigenvalue weighted by molar-refractivity contribution is 0.0995. The van der Waals surface area contributed by atoms with Gasteiger partial charge < -0.3 is 5.32 Å². The molecule has 1 N–H and O–H groups in total. The van der Waals surface area contributed by atoms with Crippen LogP contribution in [0.15, 0.2) is 58.4 Å². The zero-order chi connectivity index (χ0) is 17.4. The predicted molar refractivity (Wildman–Crippen MR) is 105 cm³/mol. The first-order valence-electron chi connectivity index (χ1n) is 7.94. The molecule has 0 bridgehead atoms. The molecule has 0 spiro atoms. The molecule has 3 nitrogen and oxygen atoms in total. The Hall–Kier alpha value is -2.24. The Balaban J connectivity index is 1.74. The molecule has 124 valence electrons. The van der Waals surface area contributed by atoms with Crippen LogP contribution in [-0.2, 0) is 6.42 Å². The maximum absolute atomic E-state index is 12.5. The highest BCUT2D eigenvalue weighted by Gasteiger charge is 2.27. The van der Waals surface area contributed by atoms with Crippen LogP contribution in [0.25, 0.3) is 11.1 Å². The summed E-state index contributed by atoms with van der Waals surface area (Å²) in [5.74, 6) is -0.0968. The second-order valence-electron chi connectivity index (χ2n) is 5.86. The van der Waals surface area contributed by atoms with Gasteiger partial charge in [0.1, 0.15) is 0 Å². The van der Waals surface area contributed by atoms with Crippen molar-refractivity contribution in [2.75, 3.05) is 5.32 Å². The molecule has 2 aromatic carbocycles. The number of hydrogen-bond acceptors (Lipinski definition) is 3. The highest BCUT2D eigenvalue weighted by atomic mass is 79.9. The van der Waals surface area contributed by atoms with Crippen LogP contribution in [0.1, 0.15) is 32.0 Å². The third kappa shape index (κ3) is 3.05. The Bertz CT molecular complexity index is 979. The molecule has 0 fully saturated rings. The Kier molecular flexibility index (Phi) is 4.27. The number of anilines is 1. The molecule has 0 aliphatic heterocycles. The van der Waals surface area contributed by atoms with Crippen molar-refractivity contribution in [3.05, 3.63) is 74.4 Å². The van der Waals surface area contributed by atoms with E-state index in [2.05, 4.69) is 21.2 Å². The minimum absolute atomic E-state index is 0.0930. The molecule has 4 rings (SSSR count). The van der Waals surface area contributed by atoms with Crippen LogP contribution in [0.5, 0.6) is 0 Å². The minimum atomic E-state index is -0.190. The van der Waals surface area contributed by atoms with Gasteiger partial charge in [-0.25, -0.2) is 0 Å². The van der Waals surface area contributed by atoms with Gasteiger partial charge in [-0.15, -0.1) is 11.3 Å². The number of amides is 1. The van der Waals surface area contributed by atoms with Crippen LogP contribution < -0.4 is 5.32 Å². The molecule has 1 heterocycles. The van der Waals surface area contributed by atoms with Crippen LogP contribution in [0.4, 0.5) is 5.69 Å².